The number of hydrogen-bond acceptors (Lipinski definition) is 3. The van der Waals surface area contributed by atoms with Crippen LogP contribution in [-0.2, 0) is 0 Å². The number of rotatable bonds is 2. The summed E-state index contributed by atoms with van der Waals surface area (Å²) in [6, 6.07) is 8.46. The normalized spacial score (nSPS) is 10.7. The lowest BCUT2D eigenvalue weighted by atomic mass is 10.2. The number of halogens is 2. The van der Waals surface area contributed by atoms with E-state index in [1.165, 1.54) is 6.07 Å². The van der Waals surface area contributed by atoms with E-state index < -0.39 is 0 Å². The van der Waals surface area contributed by atoms with Crippen molar-refractivity contribution in [2.45, 2.75) is 0 Å². The summed E-state index contributed by atoms with van der Waals surface area (Å²) >= 11 is 8.35. The first-order chi connectivity index (χ1) is 9.66. The van der Waals surface area contributed by atoms with Crippen molar-refractivity contribution >= 4 is 28.1 Å². The zero-order chi connectivity index (χ0) is 14.1. The van der Waals surface area contributed by atoms with E-state index in [1.807, 2.05) is 6.07 Å². The van der Waals surface area contributed by atoms with Crippen LogP contribution in [0.25, 0.3) is 17.1 Å². The lowest BCUT2D eigenvalue weighted by Gasteiger charge is -2.07. The number of hydrogen-bond donors (Lipinski definition) is 1. The van der Waals surface area contributed by atoms with Crippen LogP contribution in [0.3, 0.4) is 0 Å². The molecule has 3 aromatic rings. The van der Waals surface area contributed by atoms with Crippen LogP contribution in [0.15, 0.2) is 47.2 Å². The lowest BCUT2D eigenvalue weighted by Crippen LogP contribution is -1.98. The topological polar surface area (TPSA) is 46.5 Å². The highest BCUT2D eigenvalue weighted by Crippen LogP contribution is 2.23. The van der Waals surface area contributed by atoms with Crippen molar-refractivity contribution in [1.82, 2.24) is 19.7 Å². The minimum Gasteiger partial charge on any atom is -0.268 e. The van der Waals surface area contributed by atoms with Crippen LogP contribution >= 0.6 is 28.1 Å². The Morgan fingerprint density at radius 2 is 2.15 bits per heavy atom. The van der Waals surface area contributed by atoms with Gasteiger partial charge in [-0.15, -0.1) is 0 Å². The summed E-state index contributed by atoms with van der Waals surface area (Å²) < 4.78 is 16.2. The molecule has 0 amide bonds. The average molecular weight is 351 g/mol. The van der Waals surface area contributed by atoms with Crippen molar-refractivity contribution in [2.24, 2.45) is 0 Å². The molecule has 0 unspecified atom stereocenters. The van der Waals surface area contributed by atoms with E-state index >= 15 is 0 Å². The Kier molecular flexibility index (Phi) is 3.45. The number of nitrogens with zero attached hydrogens (tertiary/aromatic N) is 3. The van der Waals surface area contributed by atoms with Crippen LogP contribution in [0, 0.1) is 10.6 Å². The molecule has 0 aliphatic carbocycles. The predicted octanol–water partition coefficient (Wildman–Crippen LogP) is 3.89. The van der Waals surface area contributed by atoms with Crippen molar-refractivity contribution in [1.29, 1.82) is 0 Å². The van der Waals surface area contributed by atoms with Crippen LogP contribution in [0.5, 0.6) is 0 Å². The molecule has 0 saturated heterocycles. The van der Waals surface area contributed by atoms with Crippen LogP contribution in [0.2, 0.25) is 0 Å². The molecule has 0 aliphatic rings. The zero-order valence-electron chi connectivity index (χ0n) is 10.0. The van der Waals surface area contributed by atoms with Gasteiger partial charge in [0.1, 0.15) is 5.82 Å². The highest BCUT2D eigenvalue weighted by atomic mass is 79.9. The molecule has 20 heavy (non-hydrogen) atoms. The van der Waals surface area contributed by atoms with Gasteiger partial charge in [0, 0.05) is 18.0 Å². The summed E-state index contributed by atoms with van der Waals surface area (Å²) in [5.74, 6) is 0.229. The minimum absolute atomic E-state index is 0.359. The highest BCUT2D eigenvalue weighted by Gasteiger charge is 2.12. The molecular formula is C13H8BrFN4S. The standard InChI is InChI=1S/C13H8BrFN4S/c14-10-4-3-9(6-11(10)15)19-12(17-18-13(19)20)8-2-1-5-16-7-8/h1-7H,(H,18,20). The molecule has 2 aromatic heterocycles. The van der Waals surface area contributed by atoms with E-state index in [1.54, 1.807) is 35.2 Å². The lowest BCUT2D eigenvalue weighted by molar-refractivity contribution is 0.620. The van der Waals surface area contributed by atoms with Crippen molar-refractivity contribution in [2.75, 3.05) is 0 Å². The first-order valence-corrected chi connectivity index (χ1v) is 6.90. The van der Waals surface area contributed by atoms with E-state index in [9.17, 15) is 4.39 Å². The molecule has 7 heteroatoms. The van der Waals surface area contributed by atoms with Crippen LogP contribution in [0.1, 0.15) is 0 Å². The van der Waals surface area contributed by atoms with Gasteiger partial charge in [0.15, 0.2) is 10.6 Å². The average Bonchev–Trinajstić information content (AvgIpc) is 2.85. The maximum atomic E-state index is 13.7. The van der Waals surface area contributed by atoms with Gasteiger partial charge in [0.2, 0.25) is 0 Å². The molecule has 0 aliphatic heterocycles. The Hall–Kier alpha value is -1.86. The van der Waals surface area contributed by atoms with Gasteiger partial charge in [0.25, 0.3) is 0 Å². The quantitative estimate of drug-likeness (QED) is 0.713. The molecule has 0 fully saturated rings. The van der Waals surface area contributed by atoms with Crippen molar-refractivity contribution in [3.8, 4) is 17.1 Å². The molecule has 2 heterocycles. The summed E-state index contributed by atoms with van der Waals surface area (Å²) in [6.07, 6.45) is 3.35. The maximum Gasteiger partial charge on any atom is 0.200 e. The van der Waals surface area contributed by atoms with Gasteiger partial charge >= 0.3 is 0 Å². The highest BCUT2D eigenvalue weighted by molar-refractivity contribution is 9.10. The number of benzene rings is 1. The Morgan fingerprint density at radius 1 is 1.30 bits per heavy atom. The fraction of sp³-hybridized carbons (Fsp3) is 0. The van der Waals surface area contributed by atoms with E-state index in [0.29, 0.717) is 20.8 Å². The number of H-pyrrole nitrogens is 1. The molecule has 0 saturated carbocycles. The third-order valence-electron chi connectivity index (χ3n) is 2.75. The van der Waals surface area contributed by atoms with Crippen molar-refractivity contribution < 1.29 is 4.39 Å². The second-order valence-electron chi connectivity index (χ2n) is 4.03. The fourth-order valence-electron chi connectivity index (χ4n) is 1.85. The molecule has 0 spiro atoms. The zero-order valence-corrected chi connectivity index (χ0v) is 12.4. The van der Waals surface area contributed by atoms with Gasteiger partial charge < -0.3 is 0 Å². The molecule has 0 radical (unpaired) electrons. The summed E-state index contributed by atoms with van der Waals surface area (Å²) in [5, 5.41) is 6.91. The summed E-state index contributed by atoms with van der Waals surface area (Å²) in [6.45, 7) is 0. The summed E-state index contributed by atoms with van der Waals surface area (Å²) in [5.41, 5.74) is 1.39. The summed E-state index contributed by atoms with van der Waals surface area (Å²) in [4.78, 5) is 4.05. The molecule has 1 aromatic carbocycles. The smallest absolute Gasteiger partial charge is 0.200 e. The van der Waals surface area contributed by atoms with Crippen LogP contribution < -0.4 is 0 Å². The van der Waals surface area contributed by atoms with Crippen molar-refractivity contribution in [3.05, 3.63) is 57.8 Å². The second kappa shape index (κ2) is 5.26. The number of pyridine rings is 1. The van der Waals surface area contributed by atoms with Gasteiger partial charge in [-0.25, -0.2) is 4.39 Å². The maximum absolute atomic E-state index is 13.7. The van der Waals surface area contributed by atoms with Gasteiger partial charge in [-0.05, 0) is 58.5 Å². The van der Waals surface area contributed by atoms with Crippen LogP contribution in [-0.4, -0.2) is 19.7 Å². The van der Waals surface area contributed by atoms with Gasteiger partial charge in [-0.2, -0.15) is 5.10 Å². The number of aromatic nitrogens is 4. The third-order valence-corrected chi connectivity index (χ3v) is 3.67. The molecule has 0 atom stereocenters. The van der Waals surface area contributed by atoms with E-state index in [4.69, 9.17) is 12.2 Å². The van der Waals surface area contributed by atoms with Crippen LogP contribution in [0.4, 0.5) is 4.39 Å². The molecular weight excluding hydrogens is 343 g/mol. The Bertz CT molecular complexity index is 813. The van der Waals surface area contributed by atoms with E-state index in [-0.39, 0.29) is 5.82 Å². The first kappa shape index (κ1) is 13.1. The predicted molar refractivity (Wildman–Crippen MR) is 79.6 cm³/mol. The minimum atomic E-state index is -0.359. The third kappa shape index (κ3) is 2.30. The van der Waals surface area contributed by atoms with Crippen molar-refractivity contribution in [3.63, 3.8) is 0 Å². The molecule has 3 rings (SSSR count). The Labute approximate surface area is 127 Å². The molecule has 4 nitrogen and oxygen atoms in total. The van der Waals surface area contributed by atoms with Gasteiger partial charge in [-0.1, -0.05) is 0 Å². The van der Waals surface area contributed by atoms with Gasteiger partial charge in [-0.3, -0.25) is 14.6 Å². The first-order valence-electron chi connectivity index (χ1n) is 5.70. The SMILES string of the molecule is Fc1cc(-n2c(-c3cccnc3)n[nH]c2=S)ccc1Br. The summed E-state index contributed by atoms with van der Waals surface area (Å²) in [7, 11) is 0. The van der Waals surface area contributed by atoms with E-state index in [0.717, 1.165) is 5.56 Å². The fourth-order valence-corrected chi connectivity index (χ4v) is 2.33. The second-order valence-corrected chi connectivity index (χ2v) is 5.27. The van der Waals surface area contributed by atoms with E-state index in [2.05, 4.69) is 31.1 Å². The molecule has 1 N–H and O–H groups in total. The Morgan fingerprint density at radius 3 is 2.85 bits per heavy atom. The molecule has 0 bridgehead atoms. The van der Waals surface area contributed by atoms with Gasteiger partial charge in [0.05, 0.1) is 10.2 Å². The number of nitrogens with one attached hydrogen (secondary N) is 1. The largest absolute Gasteiger partial charge is 0.268 e. The molecule has 100 valence electrons. The number of aromatic amines is 1. The monoisotopic (exact) mass is 350 g/mol. The Balaban J connectivity index is 2.22.